The smallest absolute Gasteiger partial charge is 0.227 e. The summed E-state index contributed by atoms with van der Waals surface area (Å²) in [5.41, 5.74) is 2.78. The fourth-order valence-electron chi connectivity index (χ4n) is 3.48. The maximum absolute atomic E-state index is 13.1. The van der Waals surface area contributed by atoms with Crippen LogP contribution in [0.25, 0.3) is 0 Å². The van der Waals surface area contributed by atoms with Crippen LogP contribution in [0.3, 0.4) is 0 Å². The zero-order valence-electron chi connectivity index (χ0n) is 16.6. The highest BCUT2D eigenvalue weighted by atomic mass is 19.1. The topological polar surface area (TPSA) is 53.5 Å². The quantitative estimate of drug-likeness (QED) is 0.707. The Morgan fingerprint density at radius 3 is 2.34 bits per heavy atom. The lowest BCUT2D eigenvalue weighted by molar-refractivity contribution is 0.413. The number of nitrogens with one attached hydrogen (secondary N) is 1. The zero-order valence-corrected chi connectivity index (χ0v) is 16.6. The van der Waals surface area contributed by atoms with Crippen LogP contribution >= 0.6 is 0 Å². The first-order valence-electron chi connectivity index (χ1n) is 9.63. The predicted molar refractivity (Wildman–Crippen MR) is 114 cm³/mol. The number of para-hydroxylation sites is 2. The van der Waals surface area contributed by atoms with Crippen molar-refractivity contribution >= 4 is 23.1 Å². The van der Waals surface area contributed by atoms with E-state index in [0.717, 1.165) is 49.0 Å². The third-order valence-electron chi connectivity index (χ3n) is 4.95. The summed E-state index contributed by atoms with van der Waals surface area (Å²) in [4.78, 5) is 13.8. The van der Waals surface area contributed by atoms with E-state index in [1.807, 2.05) is 31.2 Å². The molecule has 1 saturated heterocycles. The molecule has 2 heterocycles. The van der Waals surface area contributed by atoms with Gasteiger partial charge in [0.1, 0.15) is 17.4 Å². The number of aryl methyl sites for hydroxylation is 1. The first-order chi connectivity index (χ1) is 14.1. The summed E-state index contributed by atoms with van der Waals surface area (Å²) in [6.45, 7) is 5.30. The van der Waals surface area contributed by atoms with Gasteiger partial charge in [0.25, 0.3) is 0 Å². The predicted octanol–water partition coefficient (Wildman–Crippen LogP) is 4.00. The Kier molecular flexibility index (Phi) is 5.46. The van der Waals surface area contributed by atoms with Gasteiger partial charge in [-0.2, -0.15) is 4.98 Å². The molecule has 0 aliphatic carbocycles. The van der Waals surface area contributed by atoms with Crippen LogP contribution in [0.15, 0.2) is 54.6 Å². The maximum Gasteiger partial charge on any atom is 0.227 e. The molecule has 0 amide bonds. The van der Waals surface area contributed by atoms with Gasteiger partial charge in [-0.3, -0.25) is 0 Å². The van der Waals surface area contributed by atoms with Crippen molar-refractivity contribution in [3.05, 3.63) is 66.1 Å². The Morgan fingerprint density at radius 2 is 1.62 bits per heavy atom. The zero-order chi connectivity index (χ0) is 20.2. The lowest BCUT2D eigenvalue weighted by Gasteiger charge is -2.36. The number of halogens is 1. The van der Waals surface area contributed by atoms with E-state index < -0.39 is 0 Å². The summed E-state index contributed by atoms with van der Waals surface area (Å²) in [6, 6.07) is 16.2. The average molecular weight is 393 g/mol. The van der Waals surface area contributed by atoms with E-state index in [-0.39, 0.29) is 5.82 Å². The Hall–Kier alpha value is -3.35. The first kappa shape index (κ1) is 19.0. The Bertz CT molecular complexity index is 971. The minimum atomic E-state index is -0.261. The number of anilines is 4. The molecule has 1 aliphatic heterocycles. The van der Waals surface area contributed by atoms with Gasteiger partial charge >= 0.3 is 0 Å². The third-order valence-corrected chi connectivity index (χ3v) is 4.95. The molecule has 0 atom stereocenters. The van der Waals surface area contributed by atoms with Crippen molar-refractivity contribution in [3.8, 4) is 5.75 Å². The molecule has 0 radical (unpaired) electrons. The van der Waals surface area contributed by atoms with E-state index >= 15 is 0 Å². The van der Waals surface area contributed by atoms with Gasteiger partial charge < -0.3 is 19.9 Å². The van der Waals surface area contributed by atoms with Gasteiger partial charge in [0.15, 0.2) is 0 Å². The van der Waals surface area contributed by atoms with Gasteiger partial charge in [-0.25, -0.2) is 9.37 Å². The van der Waals surface area contributed by atoms with Crippen molar-refractivity contribution in [1.82, 2.24) is 9.97 Å². The molecule has 6 nitrogen and oxygen atoms in total. The summed E-state index contributed by atoms with van der Waals surface area (Å²) in [6.07, 6.45) is 0. The molecule has 150 valence electrons. The van der Waals surface area contributed by atoms with Crippen molar-refractivity contribution in [3.63, 3.8) is 0 Å². The van der Waals surface area contributed by atoms with Crippen LogP contribution in [0.2, 0.25) is 0 Å². The highest BCUT2D eigenvalue weighted by Crippen LogP contribution is 2.29. The molecule has 0 unspecified atom stereocenters. The van der Waals surface area contributed by atoms with Crippen LogP contribution in [0, 0.1) is 12.7 Å². The molecule has 7 heteroatoms. The second-order valence-electron chi connectivity index (χ2n) is 6.97. The number of aromatic nitrogens is 2. The minimum absolute atomic E-state index is 0.261. The molecule has 3 aromatic rings. The average Bonchev–Trinajstić information content (AvgIpc) is 2.75. The highest BCUT2D eigenvalue weighted by Gasteiger charge is 2.21. The summed E-state index contributed by atoms with van der Waals surface area (Å²) in [7, 11) is 1.70. The van der Waals surface area contributed by atoms with E-state index in [0.29, 0.717) is 11.8 Å². The second kappa shape index (κ2) is 8.34. The van der Waals surface area contributed by atoms with Crippen LogP contribution in [-0.2, 0) is 0 Å². The molecule has 1 N–H and O–H groups in total. The number of benzene rings is 2. The summed E-state index contributed by atoms with van der Waals surface area (Å²) in [5, 5.41) is 3.23. The number of piperazine rings is 1. The lowest BCUT2D eigenvalue weighted by atomic mass is 10.2. The van der Waals surface area contributed by atoms with Gasteiger partial charge in [-0.1, -0.05) is 12.1 Å². The number of nitrogens with zero attached hydrogens (tertiary/aromatic N) is 4. The van der Waals surface area contributed by atoms with Crippen LogP contribution in [0.4, 0.5) is 27.5 Å². The molecule has 0 spiro atoms. The van der Waals surface area contributed by atoms with Crippen LogP contribution in [0.1, 0.15) is 5.69 Å². The Balaban J connectivity index is 1.47. The van der Waals surface area contributed by atoms with Gasteiger partial charge in [0.05, 0.1) is 12.8 Å². The minimum Gasteiger partial charge on any atom is -0.495 e. The van der Waals surface area contributed by atoms with E-state index in [1.165, 1.54) is 12.1 Å². The molecule has 0 saturated carbocycles. The largest absolute Gasteiger partial charge is 0.495 e. The van der Waals surface area contributed by atoms with E-state index in [1.54, 1.807) is 19.2 Å². The number of hydrogen-bond donors (Lipinski definition) is 1. The lowest BCUT2D eigenvalue weighted by Crippen LogP contribution is -2.47. The highest BCUT2D eigenvalue weighted by molar-refractivity contribution is 5.60. The molecule has 1 aromatic heterocycles. The van der Waals surface area contributed by atoms with Gasteiger partial charge in [-0.05, 0) is 43.3 Å². The van der Waals surface area contributed by atoms with Crippen molar-refractivity contribution in [2.75, 3.05) is 48.4 Å². The number of methoxy groups -OCH3 is 1. The van der Waals surface area contributed by atoms with Crippen molar-refractivity contribution in [2.24, 2.45) is 0 Å². The van der Waals surface area contributed by atoms with E-state index in [9.17, 15) is 4.39 Å². The summed E-state index contributed by atoms with van der Waals surface area (Å²) < 4.78 is 18.6. The Labute approximate surface area is 170 Å². The van der Waals surface area contributed by atoms with Gasteiger partial charge in [-0.15, -0.1) is 0 Å². The van der Waals surface area contributed by atoms with Crippen molar-refractivity contribution in [2.45, 2.75) is 6.92 Å². The fraction of sp³-hybridized carbons (Fsp3) is 0.273. The molecule has 1 aliphatic rings. The monoisotopic (exact) mass is 393 g/mol. The molecule has 1 fully saturated rings. The molecule has 0 bridgehead atoms. The normalized spacial score (nSPS) is 14.0. The summed E-state index contributed by atoms with van der Waals surface area (Å²) >= 11 is 0. The number of ether oxygens (including phenoxy) is 1. The van der Waals surface area contributed by atoms with Crippen LogP contribution < -0.4 is 19.9 Å². The standard InChI is InChI=1S/C22H24FN5O/c1-16-15-21(25-18-9-7-17(23)8-10-18)26-22(24-16)28-13-11-27(12-14-28)19-5-3-4-6-20(19)29-2/h3-10,15H,11-14H2,1-2H3,(H,24,25,26). The molecular formula is C22H24FN5O. The van der Waals surface area contributed by atoms with E-state index in [4.69, 9.17) is 4.74 Å². The number of hydrogen-bond acceptors (Lipinski definition) is 6. The third kappa shape index (κ3) is 4.39. The van der Waals surface area contributed by atoms with Gasteiger partial charge in [0, 0.05) is 43.6 Å². The maximum atomic E-state index is 13.1. The Morgan fingerprint density at radius 1 is 0.931 bits per heavy atom. The van der Waals surface area contributed by atoms with Crippen molar-refractivity contribution < 1.29 is 9.13 Å². The van der Waals surface area contributed by atoms with Crippen molar-refractivity contribution in [1.29, 1.82) is 0 Å². The summed E-state index contributed by atoms with van der Waals surface area (Å²) in [5.74, 6) is 2.03. The second-order valence-corrected chi connectivity index (χ2v) is 6.97. The number of rotatable bonds is 5. The fourth-order valence-corrected chi connectivity index (χ4v) is 3.48. The molecule has 29 heavy (non-hydrogen) atoms. The molecular weight excluding hydrogens is 369 g/mol. The van der Waals surface area contributed by atoms with Crippen LogP contribution in [0.5, 0.6) is 5.75 Å². The molecule has 2 aromatic carbocycles. The van der Waals surface area contributed by atoms with E-state index in [2.05, 4.69) is 31.2 Å². The molecule has 4 rings (SSSR count). The SMILES string of the molecule is COc1ccccc1N1CCN(c2nc(C)cc(Nc3ccc(F)cc3)n2)CC1. The van der Waals surface area contributed by atoms with Gasteiger partial charge in [0.2, 0.25) is 5.95 Å². The first-order valence-corrected chi connectivity index (χ1v) is 9.63. The van der Waals surface area contributed by atoms with Crippen LogP contribution in [-0.4, -0.2) is 43.3 Å².